The lowest BCUT2D eigenvalue weighted by molar-refractivity contribution is 0.186. The molecule has 1 unspecified atom stereocenters. The summed E-state index contributed by atoms with van der Waals surface area (Å²) in [5, 5.41) is -0.542. The Bertz CT molecular complexity index is 1080. The van der Waals surface area contributed by atoms with Crippen molar-refractivity contribution in [1.29, 1.82) is 0 Å². The number of nitrogens with two attached hydrogens (primary N) is 1. The summed E-state index contributed by atoms with van der Waals surface area (Å²) in [7, 11) is -3.77. The molecule has 7 nitrogen and oxygen atoms in total. The van der Waals surface area contributed by atoms with Gasteiger partial charge in [0.2, 0.25) is 7.37 Å². The largest absolute Gasteiger partial charge is 0.396 e. The van der Waals surface area contributed by atoms with E-state index in [0.717, 1.165) is 44.1 Å². The van der Waals surface area contributed by atoms with Gasteiger partial charge in [-0.2, -0.15) is 0 Å². The summed E-state index contributed by atoms with van der Waals surface area (Å²) in [4.78, 5) is 23.2. The van der Waals surface area contributed by atoms with E-state index in [4.69, 9.17) is 10.6 Å². The van der Waals surface area contributed by atoms with Crippen LogP contribution in [0, 0.1) is 11.6 Å². The fourth-order valence-corrected chi connectivity index (χ4v) is 5.53. The molecule has 2 aliphatic heterocycles. The zero-order valence-corrected chi connectivity index (χ0v) is 22.4. The van der Waals surface area contributed by atoms with Gasteiger partial charge < -0.3 is 20.4 Å². The van der Waals surface area contributed by atoms with Gasteiger partial charge in [-0.15, -0.1) is 0 Å². The molecule has 3 heterocycles. The van der Waals surface area contributed by atoms with E-state index in [0.29, 0.717) is 18.2 Å². The van der Waals surface area contributed by atoms with Gasteiger partial charge in [0, 0.05) is 44.1 Å². The monoisotopic (exact) mass is 521 g/mol. The first-order valence-corrected chi connectivity index (χ1v) is 14.8. The Morgan fingerprint density at radius 2 is 1.83 bits per heavy atom. The summed E-state index contributed by atoms with van der Waals surface area (Å²) >= 11 is 0. The normalized spacial score (nSPS) is 19.6. The average molecular weight is 522 g/mol. The molecule has 10 heteroatoms. The molecule has 3 N–H and O–H groups in total. The Labute approximate surface area is 212 Å². The molecular weight excluding hydrogens is 483 g/mol. The highest BCUT2D eigenvalue weighted by molar-refractivity contribution is 7.65. The third-order valence-corrected chi connectivity index (χ3v) is 7.92. The van der Waals surface area contributed by atoms with E-state index in [1.807, 2.05) is 12.4 Å². The number of rotatable bonds is 5. The van der Waals surface area contributed by atoms with Gasteiger partial charge in [-0.3, -0.25) is 9.55 Å². The second-order valence-corrected chi connectivity index (χ2v) is 11.6. The summed E-state index contributed by atoms with van der Waals surface area (Å²) in [6.07, 6.45) is 14.9. The van der Waals surface area contributed by atoms with E-state index < -0.39 is 24.3 Å². The Morgan fingerprint density at radius 1 is 1.11 bits per heavy atom. The molecule has 36 heavy (non-hydrogen) atoms. The van der Waals surface area contributed by atoms with Gasteiger partial charge in [0.15, 0.2) is 0 Å². The van der Waals surface area contributed by atoms with E-state index >= 15 is 0 Å². The lowest BCUT2D eigenvalue weighted by atomic mass is 9.97. The number of hydrogen-bond acceptors (Lipinski definition) is 6. The molecule has 198 valence electrons. The first-order valence-electron chi connectivity index (χ1n) is 12.7. The van der Waals surface area contributed by atoms with Crippen LogP contribution in [0.25, 0.3) is 0 Å². The van der Waals surface area contributed by atoms with Gasteiger partial charge in [0.05, 0.1) is 29.1 Å². The van der Waals surface area contributed by atoms with E-state index in [1.54, 1.807) is 5.70 Å². The molecule has 2 saturated heterocycles. The number of allylic oxidation sites excluding steroid dienone is 2. The first kappa shape index (κ1) is 28.1. The Morgan fingerprint density at radius 3 is 2.42 bits per heavy atom. The number of piperidine rings is 2. The second-order valence-electron chi connectivity index (χ2n) is 9.40. The number of halogens is 2. The lowest BCUT2D eigenvalue weighted by Gasteiger charge is -2.43. The van der Waals surface area contributed by atoms with Crippen LogP contribution in [-0.4, -0.2) is 52.1 Å². The van der Waals surface area contributed by atoms with Crippen LogP contribution >= 0.6 is 7.37 Å². The molecule has 0 radical (unpaired) electrons. The SMILES string of the molecule is CC/C=C1\CCCCN1C1CCN(c2cnc(CC)cn2)CC1.CP(=O)(O)c1cc(F)c(N)cc1F. The van der Waals surface area contributed by atoms with Crippen LogP contribution in [0.4, 0.5) is 20.3 Å². The number of hydrogen-bond donors (Lipinski definition) is 2. The highest BCUT2D eigenvalue weighted by Gasteiger charge is 2.28. The molecule has 1 aromatic heterocycles. The van der Waals surface area contributed by atoms with Crippen molar-refractivity contribution in [3.8, 4) is 0 Å². The molecule has 0 spiro atoms. The minimum absolute atomic E-state index is 0.380. The van der Waals surface area contributed by atoms with E-state index in [-0.39, 0.29) is 5.69 Å². The maximum absolute atomic E-state index is 12.9. The number of nitrogens with zero attached hydrogens (tertiary/aromatic N) is 4. The maximum Gasteiger partial charge on any atom is 0.229 e. The van der Waals surface area contributed by atoms with Crippen LogP contribution in [-0.2, 0) is 11.0 Å². The van der Waals surface area contributed by atoms with Crippen molar-refractivity contribution in [3.63, 3.8) is 0 Å². The Hall–Kier alpha value is -2.51. The van der Waals surface area contributed by atoms with Crippen molar-refractivity contribution in [3.05, 3.63) is 53.6 Å². The summed E-state index contributed by atoms with van der Waals surface area (Å²) in [5.74, 6) is -0.816. The van der Waals surface area contributed by atoms with E-state index in [9.17, 15) is 13.3 Å². The highest BCUT2D eigenvalue weighted by atomic mass is 31.2. The predicted octanol–water partition coefficient (Wildman–Crippen LogP) is 4.86. The number of aryl methyl sites for hydroxylation is 1. The molecule has 2 fully saturated rings. The third kappa shape index (κ3) is 7.26. The molecule has 2 aromatic rings. The van der Waals surface area contributed by atoms with Gasteiger partial charge in [-0.25, -0.2) is 13.8 Å². The molecule has 2 aliphatic rings. The van der Waals surface area contributed by atoms with E-state index in [1.165, 1.54) is 38.6 Å². The molecule has 4 rings (SSSR count). The number of aromatic nitrogens is 2. The van der Waals surface area contributed by atoms with E-state index in [2.05, 4.69) is 39.7 Å². The Kier molecular flexibility index (Phi) is 9.85. The average Bonchev–Trinajstić information content (AvgIpc) is 2.87. The Balaban J connectivity index is 0.000000236. The van der Waals surface area contributed by atoms with Gasteiger partial charge in [-0.1, -0.05) is 19.9 Å². The predicted molar refractivity (Wildman–Crippen MR) is 142 cm³/mol. The quantitative estimate of drug-likeness (QED) is 0.429. The number of nitrogen functional groups attached to an aromatic ring is 1. The van der Waals surface area contributed by atoms with Crippen LogP contribution in [0.5, 0.6) is 0 Å². The van der Waals surface area contributed by atoms with Crippen LogP contribution in [0.2, 0.25) is 0 Å². The third-order valence-electron chi connectivity index (χ3n) is 6.69. The van der Waals surface area contributed by atoms with Crippen molar-refractivity contribution >= 4 is 24.2 Å². The summed E-state index contributed by atoms with van der Waals surface area (Å²) in [5.41, 5.74) is 7.34. The lowest BCUT2D eigenvalue weighted by Crippen LogP contribution is -2.46. The van der Waals surface area contributed by atoms with Crippen molar-refractivity contribution in [1.82, 2.24) is 14.9 Å². The standard InChI is InChI=1S/C19H30N4.C7H8F2NO2P/c1-3-7-17-8-5-6-11-23(17)18-9-12-22(13-10-18)19-15-20-16(4-2)14-21-19;1-13(11,12)7-3-4(8)6(10)2-5(7)9/h7,14-15,18H,3-6,8-13H2,1-2H3;2-3H,10H2,1H3,(H,11,12)/b17-7+;. The summed E-state index contributed by atoms with van der Waals surface area (Å²) in [6.45, 7) is 8.75. The molecule has 0 aliphatic carbocycles. The van der Waals surface area contributed by atoms with Crippen LogP contribution < -0.4 is 15.9 Å². The van der Waals surface area contributed by atoms with Crippen molar-refractivity contribution < 1.29 is 18.2 Å². The zero-order valence-electron chi connectivity index (χ0n) is 21.5. The fourth-order valence-electron chi connectivity index (χ4n) is 4.72. The second kappa shape index (κ2) is 12.6. The first-order chi connectivity index (χ1) is 17.1. The number of likely N-dealkylation sites (tertiary alicyclic amines) is 1. The molecule has 1 atom stereocenters. The topological polar surface area (TPSA) is 95.6 Å². The molecule has 0 saturated carbocycles. The van der Waals surface area contributed by atoms with Gasteiger partial charge >= 0.3 is 0 Å². The molecule has 0 amide bonds. The highest BCUT2D eigenvalue weighted by Crippen LogP contribution is 2.35. The number of anilines is 2. The van der Waals surface area contributed by atoms with Crippen LogP contribution in [0.1, 0.15) is 58.1 Å². The van der Waals surface area contributed by atoms with Crippen molar-refractivity contribution in [2.45, 2.75) is 64.8 Å². The minimum atomic E-state index is -3.77. The van der Waals surface area contributed by atoms with Gasteiger partial charge in [0.25, 0.3) is 0 Å². The molecule has 0 bridgehead atoms. The van der Waals surface area contributed by atoms with Crippen molar-refractivity contribution in [2.24, 2.45) is 0 Å². The van der Waals surface area contributed by atoms with Crippen LogP contribution in [0.3, 0.4) is 0 Å². The van der Waals surface area contributed by atoms with Gasteiger partial charge in [0.1, 0.15) is 17.5 Å². The summed E-state index contributed by atoms with van der Waals surface area (Å²) in [6, 6.07) is 2.05. The smallest absolute Gasteiger partial charge is 0.229 e. The zero-order chi connectivity index (χ0) is 26.3. The molecular formula is C26H38F2N5O2P. The minimum Gasteiger partial charge on any atom is -0.396 e. The number of benzene rings is 1. The van der Waals surface area contributed by atoms with Crippen molar-refractivity contribution in [2.75, 3.05) is 36.9 Å². The fraction of sp³-hybridized carbons (Fsp3) is 0.538. The van der Waals surface area contributed by atoms with Gasteiger partial charge in [-0.05, 0) is 51.0 Å². The maximum atomic E-state index is 12.9. The van der Waals surface area contributed by atoms with Crippen LogP contribution in [0.15, 0.2) is 36.3 Å². The summed E-state index contributed by atoms with van der Waals surface area (Å²) < 4.78 is 36.7. The molecule has 1 aromatic carbocycles.